The first kappa shape index (κ1) is 13.0. The zero-order valence-corrected chi connectivity index (χ0v) is 10.9. The minimum absolute atomic E-state index is 0.0142. The van der Waals surface area contributed by atoms with Gasteiger partial charge in [-0.3, -0.25) is 4.79 Å². The van der Waals surface area contributed by atoms with Crippen LogP contribution in [0.25, 0.3) is 0 Å². The highest BCUT2D eigenvalue weighted by molar-refractivity contribution is 6.08. The number of aromatic hydroxyl groups is 1. The van der Waals surface area contributed by atoms with E-state index in [1.807, 2.05) is 32.0 Å². The van der Waals surface area contributed by atoms with Crippen molar-refractivity contribution in [3.05, 3.63) is 53.1 Å². The first-order chi connectivity index (χ1) is 8.97. The molecule has 2 aromatic carbocycles. The summed E-state index contributed by atoms with van der Waals surface area (Å²) in [6.45, 7) is 3.87. The van der Waals surface area contributed by atoms with E-state index in [4.69, 9.17) is 5.73 Å². The number of rotatable bonds is 2. The molecule has 98 valence electrons. The second kappa shape index (κ2) is 5.02. The molecule has 2 rings (SSSR count). The molecule has 0 saturated heterocycles. The van der Waals surface area contributed by atoms with Crippen LogP contribution >= 0.6 is 0 Å². The van der Waals surface area contributed by atoms with Crippen molar-refractivity contribution in [1.82, 2.24) is 0 Å². The highest BCUT2D eigenvalue weighted by Gasteiger charge is 2.12. The summed E-state index contributed by atoms with van der Waals surface area (Å²) in [4.78, 5) is 12.1. The lowest BCUT2D eigenvalue weighted by atomic mass is 10.1. The number of hydrogen-bond donors (Lipinski definition) is 3. The van der Waals surface area contributed by atoms with Gasteiger partial charge in [-0.05, 0) is 49.2 Å². The Morgan fingerprint density at radius 1 is 1.16 bits per heavy atom. The summed E-state index contributed by atoms with van der Waals surface area (Å²) in [5.41, 5.74) is 9.11. The summed E-state index contributed by atoms with van der Waals surface area (Å²) in [7, 11) is 0. The Kier molecular flexibility index (Phi) is 3.42. The molecule has 0 aromatic heterocycles. The fourth-order valence-electron chi connectivity index (χ4n) is 1.80. The Labute approximate surface area is 111 Å². The number of carbonyl (C=O) groups excluding carboxylic acids is 1. The van der Waals surface area contributed by atoms with E-state index in [0.717, 1.165) is 16.8 Å². The third kappa shape index (κ3) is 2.85. The first-order valence-corrected chi connectivity index (χ1v) is 5.94. The number of benzene rings is 2. The van der Waals surface area contributed by atoms with Crippen molar-refractivity contribution in [2.75, 3.05) is 11.1 Å². The SMILES string of the molecule is Cc1ccc(C)c(NC(=O)c2cc(O)ccc2N)c1. The molecule has 0 unspecified atom stereocenters. The molecule has 0 atom stereocenters. The van der Waals surface area contributed by atoms with Crippen LogP contribution < -0.4 is 11.1 Å². The number of hydrogen-bond acceptors (Lipinski definition) is 3. The molecule has 0 fully saturated rings. The summed E-state index contributed by atoms with van der Waals surface area (Å²) in [6, 6.07) is 10.1. The molecular weight excluding hydrogens is 240 g/mol. The third-order valence-electron chi connectivity index (χ3n) is 2.92. The Bertz CT molecular complexity index is 636. The standard InChI is InChI=1S/C15H16N2O2/c1-9-3-4-10(2)14(7-9)17-15(19)12-8-11(18)5-6-13(12)16/h3-8,18H,16H2,1-2H3,(H,17,19). The average Bonchev–Trinajstić information content (AvgIpc) is 2.36. The van der Waals surface area contributed by atoms with Crippen molar-refractivity contribution < 1.29 is 9.90 Å². The number of phenolic OH excluding ortho intramolecular Hbond substituents is 1. The van der Waals surface area contributed by atoms with Gasteiger partial charge in [0.25, 0.3) is 5.91 Å². The lowest BCUT2D eigenvalue weighted by molar-refractivity contribution is 0.102. The van der Waals surface area contributed by atoms with Gasteiger partial charge in [0.1, 0.15) is 5.75 Å². The summed E-state index contributed by atoms with van der Waals surface area (Å²) in [5, 5.41) is 12.2. The van der Waals surface area contributed by atoms with E-state index < -0.39 is 0 Å². The number of amides is 1. The minimum Gasteiger partial charge on any atom is -0.508 e. The monoisotopic (exact) mass is 256 g/mol. The Hall–Kier alpha value is -2.49. The molecule has 4 nitrogen and oxygen atoms in total. The smallest absolute Gasteiger partial charge is 0.257 e. The molecule has 0 spiro atoms. The highest BCUT2D eigenvalue weighted by atomic mass is 16.3. The maximum atomic E-state index is 12.1. The maximum absolute atomic E-state index is 12.1. The molecule has 2 aromatic rings. The summed E-state index contributed by atoms with van der Waals surface area (Å²) in [6.07, 6.45) is 0. The second-order valence-corrected chi connectivity index (χ2v) is 4.54. The van der Waals surface area contributed by atoms with E-state index in [2.05, 4.69) is 5.32 Å². The van der Waals surface area contributed by atoms with Crippen LogP contribution in [0.3, 0.4) is 0 Å². The van der Waals surface area contributed by atoms with E-state index in [1.165, 1.54) is 18.2 Å². The molecule has 0 bridgehead atoms. The van der Waals surface area contributed by atoms with Gasteiger partial charge in [-0.1, -0.05) is 12.1 Å². The topological polar surface area (TPSA) is 75.3 Å². The van der Waals surface area contributed by atoms with Gasteiger partial charge in [0.2, 0.25) is 0 Å². The molecule has 0 saturated carbocycles. The highest BCUT2D eigenvalue weighted by Crippen LogP contribution is 2.22. The Morgan fingerprint density at radius 3 is 2.63 bits per heavy atom. The molecule has 0 heterocycles. The predicted octanol–water partition coefficient (Wildman–Crippen LogP) is 2.84. The lowest BCUT2D eigenvalue weighted by Gasteiger charge is -2.11. The molecule has 4 heteroatoms. The lowest BCUT2D eigenvalue weighted by Crippen LogP contribution is -2.14. The zero-order chi connectivity index (χ0) is 14.0. The van der Waals surface area contributed by atoms with Gasteiger partial charge < -0.3 is 16.2 Å². The van der Waals surface area contributed by atoms with Crippen molar-refractivity contribution in [3.8, 4) is 5.75 Å². The van der Waals surface area contributed by atoms with Crippen molar-refractivity contribution in [2.45, 2.75) is 13.8 Å². The predicted molar refractivity (Wildman–Crippen MR) is 76.4 cm³/mol. The third-order valence-corrected chi connectivity index (χ3v) is 2.92. The van der Waals surface area contributed by atoms with Gasteiger partial charge in [0.15, 0.2) is 0 Å². The molecule has 0 aliphatic carbocycles. The Balaban J connectivity index is 2.30. The fraction of sp³-hybridized carbons (Fsp3) is 0.133. The van der Waals surface area contributed by atoms with E-state index in [0.29, 0.717) is 5.69 Å². The van der Waals surface area contributed by atoms with E-state index in [-0.39, 0.29) is 17.2 Å². The minimum atomic E-state index is -0.331. The molecule has 0 aliphatic rings. The second-order valence-electron chi connectivity index (χ2n) is 4.54. The molecule has 0 radical (unpaired) electrons. The van der Waals surface area contributed by atoms with Crippen LogP contribution in [-0.4, -0.2) is 11.0 Å². The summed E-state index contributed by atoms with van der Waals surface area (Å²) < 4.78 is 0. The van der Waals surface area contributed by atoms with Crippen LogP contribution in [0.5, 0.6) is 5.75 Å². The van der Waals surface area contributed by atoms with E-state index >= 15 is 0 Å². The summed E-state index contributed by atoms with van der Waals surface area (Å²) in [5.74, 6) is -0.317. The molecule has 0 aliphatic heterocycles. The van der Waals surface area contributed by atoms with Gasteiger partial charge in [0.05, 0.1) is 5.56 Å². The number of anilines is 2. The molecule has 1 amide bonds. The van der Waals surface area contributed by atoms with Gasteiger partial charge in [-0.2, -0.15) is 0 Å². The molecule has 19 heavy (non-hydrogen) atoms. The maximum Gasteiger partial charge on any atom is 0.257 e. The normalized spacial score (nSPS) is 10.2. The average molecular weight is 256 g/mol. The number of nitrogen functional groups attached to an aromatic ring is 1. The van der Waals surface area contributed by atoms with Crippen molar-refractivity contribution in [3.63, 3.8) is 0 Å². The number of aryl methyl sites for hydroxylation is 2. The number of nitrogens with two attached hydrogens (primary N) is 1. The molecular formula is C15H16N2O2. The summed E-state index contributed by atoms with van der Waals surface area (Å²) >= 11 is 0. The zero-order valence-electron chi connectivity index (χ0n) is 10.9. The van der Waals surface area contributed by atoms with Crippen molar-refractivity contribution >= 4 is 17.3 Å². The van der Waals surface area contributed by atoms with Gasteiger partial charge >= 0.3 is 0 Å². The van der Waals surface area contributed by atoms with Crippen LogP contribution in [0, 0.1) is 13.8 Å². The van der Waals surface area contributed by atoms with Gasteiger partial charge in [0, 0.05) is 11.4 Å². The quantitative estimate of drug-likeness (QED) is 0.571. The van der Waals surface area contributed by atoms with Crippen LogP contribution in [0.1, 0.15) is 21.5 Å². The largest absolute Gasteiger partial charge is 0.508 e. The van der Waals surface area contributed by atoms with Crippen LogP contribution in [0.2, 0.25) is 0 Å². The van der Waals surface area contributed by atoms with Gasteiger partial charge in [-0.25, -0.2) is 0 Å². The number of carbonyl (C=O) groups is 1. The first-order valence-electron chi connectivity index (χ1n) is 5.94. The fourth-order valence-corrected chi connectivity index (χ4v) is 1.80. The van der Waals surface area contributed by atoms with Gasteiger partial charge in [-0.15, -0.1) is 0 Å². The van der Waals surface area contributed by atoms with Crippen molar-refractivity contribution in [1.29, 1.82) is 0 Å². The molecule has 4 N–H and O–H groups in total. The number of nitrogens with one attached hydrogen (secondary N) is 1. The number of phenols is 1. The van der Waals surface area contributed by atoms with Crippen molar-refractivity contribution in [2.24, 2.45) is 0 Å². The van der Waals surface area contributed by atoms with Crippen LogP contribution in [0.4, 0.5) is 11.4 Å². The van der Waals surface area contributed by atoms with E-state index in [1.54, 1.807) is 0 Å². The van der Waals surface area contributed by atoms with Crippen LogP contribution in [0.15, 0.2) is 36.4 Å². The Morgan fingerprint density at radius 2 is 1.89 bits per heavy atom. The van der Waals surface area contributed by atoms with Crippen LogP contribution in [-0.2, 0) is 0 Å². The van der Waals surface area contributed by atoms with E-state index in [9.17, 15) is 9.90 Å².